The first-order chi connectivity index (χ1) is 7.78. The average molecular weight is 258 g/mol. The van der Waals surface area contributed by atoms with Crippen LogP contribution in [0.15, 0.2) is 24.3 Å². The third-order valence-electron chi connectivity index (χ3n) is 1.99. The van der Waals surface area contributed by atoms with Crippen molar-refractivity contribution in [2.45, 2.75) is 18.8 Å². The van der Waals surface area contributed by atoms with Gasteiger partial charge in [-0.1, -0.05) is 12.1 Å². The second-order valence-corrected chi connectivity index (χ2v) is 5.96. The van der Waals surface area contributed by atoms with Crippen LogP contribution in [-0.2, 0) is 20.4 Å². The Morgan fingerprint density at radius 1 is 1.47 bits per heavy atom. The second kappa shape index (κ2) is 5.18. The molecule has 6 heteroatoms. The van der Waals surface area contributed by atoms with Gasteiger partial charge in [0.05, 0.1) is 5.75 Å². The highest BCUT2D eigenvalue weighted by atomic mass is 32.2. The van der Waals surface area contributed by atoms with E-state index in [4.69, 9.17) is 9.84 Å². The third-order valence-corrected chi connectivity index (χ3v) is 2.85. The zero-order chi connectivity index (χ0) is 13.1. The molecular weight excluding hydrogens is 244 g/mol. The van der Waals surface area contributed by atoms with Crippen LogP contribution in [0.25, 0.3) is 0 Å². The van der Waals surface area contributed by atoms with Crippen molar-refractivity contribution in [3.63, 3.8) is 0 Å². The number of carboxylic acid groups (broad SMARTS) is 1. The van der Waals surface area contributed by atoms with Gasteiger partial charge in [-0.25, -0.2) is 13.2 Å². The van der Waals surface area contributed by atoms with Gasteiger partial charge in [0.15, 0.2) is 15.9 Å². The Morgan fingerprint density at radius 2 is 2.12 bits per heavy atom. The molecule has 0 amide bonds. The number of hydrogen-bond donors (Lipinski definition) is 1. The van der Waals surface area contributed by atoms with Gasteiger partial charge in [-0.15, -0.1) is 0 Å². The van der Waals surface area contributed by atoms with Crippen LogP contribution in [0.3, 0.4) is 0 Å². The van der Waals surface area contributed by atoms with E-state index in [0.717, 1.165) is 6.26 Å². The van der Waals surface area contributed by atoms with Crippen LogP contribution < -0.4 is 4.74 Å². The molecule has 0 unspecified atom stereocenters. The van der Waals surface area contributed by atoms with E-state index >= 15 is 0 Å². The normalized spacial score (nSPS) is 13.1. The Balaban J connectivity index is 2.83. The van der Waals surface area contributed by atoms with Crippen LogP contribution >= 0.6 is 0 Å². The fraction of sp³-hybridized carbons (Fsp3) is 0.364. The monoisotopic (exact) mass is 258 g/mol. The van der Waals surface area contributed by atoms with E-state index < -0.39 is 21.9 Å². The second-order valence-electron chi connectivity index (χ2n) is 3.82. The maximum Gasteiger partial charge on any atom is 0.344 e. The Hall–Kier alpha value is -1.56. The predicted molar refractivity (Wildman–Crippen MR) is 62.7 cm³/mol. The van der Waals surface area contributed by atoms with Gasteiger partial charge in [-0.3, -0.25) is 0 Å². The summed E-state index contributed by atoms with van der Waals surface area (Å²) >= 11 is 0. The van der Waals surface area contributed by atoms with Crippen molar-refractivity contribution in [2.75, 3.05) is 6.26 Å². The molecule has 94 valence electrons. The van der Waals surface area contributed by atoms with E-state index in [0.29, 0.717) is 11.3 Å². The summed E-state index contributed by atoms with van der Waals surface area (Å²) in [6, 6.07) is 6.40. The minimum absolute atomic E-state index is 0.0916. The van der Waals surface area contributed by atoms with Crippen molar-refractivity contribution in [2.24, 2.45) is 0 Å². The van der Waals surface area contributed by atoms with Crippen molar-refractivity contribution in [1.29, 1.82) is 0 Å². The molecule has 0 aromatic heterocycles. The lowest BCUT2D eigenvalue weighted by atomic mass is 10.2. The maximum absolute atomic E-state index is 11.1. The molecule has 0 heterocycles. The number of hydrogen-bond acceptors (Lipinski definition) is 4. The van der Waals surface area contributed by atoms with Gasteiger partial charge in [0.25, 0.3) is 0 Å². The van der Waals surface area contributed by atoms with Crippen molar-refractivity contribution in [3.05, 3.63) is 29.8 Å². The first-order valence-electron chi connectivity index (χ1n) is 4.94. The summed E-state index contributed by atoms with van der Waals surface area (Å²) in [6.45, 7) is 1.41. The number of aliphatic carboxylic acids is 1. The van der Waals surface area contributed by atoms with Crippen molar-refractivity contribution in [3.8, 4) is 5.75 Å². The Kier molecular flexibility index (Phi) is 4.11. The Bertz CT molecular complexity index is 506. The fourth-order valence-electron chi connectivity index (χ4n) is 1.27. The van der Waals surface area contributed by atoms with Crippen LogP contribution in [0.1, 0.15) is 12.5 Å². The average Bonchev–Trinajstić information content (AvgIpc) is 2.15. The predicted octanol–water partition coefficient (Wildman–Crippen LogP) is 1.08. The molecule has 0 spiro atoms. The quantitative estimate of drug-likeness (QED) is 0.854. The molecule has 0 bridgehead atoms. The summed E-state index contributed by atoms with van der Waals surface area (Å²) in [5.74, 6) is -0.814. The van der Waals surface area contributed by atoms with Crippen LogP contribution in [0.4, 0.5) is 0 Å². The number of sulfone groups is 1. The molecule has 0 saturated carbocycles. The molecule has 1 aromatic carbocycles. The maximum atomic E-state index is 11.1. The van der Waals surface area contributed by atoms with Crippen LogP contribution in [0.5, 0.6) is 5.75 Å². The molecule has 1 rings (SSSR count). The van der Waals surface area contributed by atoms with E-state index in [9.17, 15) is 13.2 Å². The largest absolute Gasteiger partial charge is 0.479 e. The van der Waals surface area contributed by atoms with Gasteiger partial charge in [0, 0.05) is 6.26 Å². The van der Waals surface area contributed by atoms with E-state index in [-0.39, 0.29) is 5.75 Å². The molecule has 1 N–H and O–H groups in total. The van der Waals surface area contributed by atoms with E-state index in [2.05, 4.69) is 0 Å². The molecule has 0 fully saturated rings. The summed E-state index contributed by atoms with van der Waals surface area (Å²) in [4.78, 5) is 10.6. The lowest BCUT2D eigenvalue weighted by Gasteiger charge is -2.11. The van der Waals surface area contributed by atoms with Gasteiger partial charge in [-0.2, -0.15) is 0 Å². The van der Waals surface area contributed by atoms with Gasteiger partial charge in [0.2, 0.25) is 0 Å². The molecule has 0 aliphatic carbocycles. The zero-order valence-corrected chi connectivity index (χ0v) is 10.4. The minimum atomic E-state index is -3.11. The minimum Gasteiger partial charge on any atom is -0.479 e. The number of rotatable bonds is 5. The molecule has 0 saturated heterocycles. The van der Waals surface area contributed by atoms with Gasteiger partial charge >= 0.3 is 5.97 Å². The van der Waals surface area contributed by atoms with Crippen LogP contribution in [0, 0.1) is 0 Å². The lowest BCUT2D eigenvalue weighted by Crippen LogP contribution is -2.22. The van der Waals surface area contributed by atoms with Crippen molar-refractivity contribution < 1.29 is 23.1 Å². The fourth-order valence-corrected chi connectivity index (χ4v) is 2.05. The lowest BCUT2D eigenvalue weighted by molar-refractivity contribution is -0.144. The topological polar surface area (TPSA) is 80.7 Å². The molecule has 1 aromatic rings. The molecule has 5 nitrogen and oxygen atoms in total. The van der Waals surface area contributed by atoms with Gasteiger partial charge in [0.1, 0.15) is 5.75 Å². The highest BCUT2D eigenvalue weighted by Gasteiger charge is 2.13. The smallest absolute Gasteiger partial charge is 0.344 e. The number of ether oxygens (including phenoxy) is 1. The summed E-state index contributed by atoms with van der Waals surface area (Å²) in [5.41, 5.74) is 0.572. The third kappa shape index (κ3) is 4.86. The number of benzene rings is 1. The summed E-state index contributed by atoms with van der Waals surface area (Å²) < 4.78 is 27.4. The molecule has 17 heavy (non-hydrogen) atoms. The van der Waals surface area contributed by atoms with Crippen LogP contribution in [-0.4, -0.2) is 31.9 Å². The highest BCUT2D eigenvalue weighted by Crippen LogP contribution is 2.16. The Morgan fingerprint density at radius 3 is 2.65 bits per heavy atom. The number of carboxylic acids is 1. The van der Waals surface area contributed by atoms with E-state index in [1.54, 1.807) is 18.2 Å². The number of carbonyl (C=O) groups is 1. The molecule has 0 radical (unpaired) electrons. The molecule has 0 aliphatic rings. The summed E-state index contributed by atoms with van der Waals surface area (Å²) in [6.07, 6.45) is 0.170. The van der Waals surface area contributed by atoms with E-state index in [1.807, 2.05) is 0 Å². The van der Waals surface area contributed by atoms with Crippen LogP contribution in [0.2, 0.25) is 0 Å². The summed E-state index contributed by atoms with van der Waals surface area (Å²) in [5, 5.41) is 8.68. The van der Waals surface area contributed by atoms with E-state index in [1.165, 1.54) is 13.0 Å². The molecule has 0 aliphatic heterocycles. The van der Waals surface area contributed by atoms with Crippen molar-refractivity contribution in [1.82, 2.24) is 0 Å². The SMILES string of the molecule is C[C@@H](Oc1cccc(CS(C)(=O)=O)c1)C(=O)O. The Labute approximate surface area is 100.0 Å². The zero-order valence-electron chi connectivity index (χ0n) is 9.58. The highest BCUT2D eigenvalue weighted by molar-refractivity contribution is 7.89. The molecular formula is C11H14O5S. The van der Waals surface area contributed by atoms with Crippen molar-refractivity contribution >= 4 is 15.8 Å². The van der Waals surface area contributed by atoms with Gasteiger partial charge < -0.3 is 9.84 Å². The summed E-state index contributed by atoms with van der Waals surface area (Å²) in [7, 11) is -3.11. The first-order valence-corrected chi connectivity index (χ1v) is 7.00. The first kappa shape index (κ1) is 13.5. The molecule has 1 atom stereocenters. The van der Waals surface area contributed by atoms with Gasteiger partial charge in [-0.05, 0) is 24.6 Å². The standard InChI is InChI=1S/C11H14O5S/c1-8(11(12)13)16-10-5-3-4-9(6-10)7-17(2,14)15/h3-6,8H,7H2,1-2H3,(H,12,13)/t8-/m1/s1.